The third kappa shape index (κ3) is 3.63. The van der Waals surface area contributed by atoms with Crippen LogP contribution in [0.5, 0.6) is 0 Å². The zero-order chi connectivity index (χ0) is 15.6. The van der Waals surface area contributed by atoms with E-state index in [0.29, 0.717) is 18.3 Å². The Morgan fingerprint density at radius 3 is 2.67 bits per heavy atom. The van der Waals surface area contributed by atoms with Gasteiger partial charge in [-0.25, -0.2) is 9.50 Å². The fourth-order valence-corrected chi connectivity index (χ4v) is 2.15. The van der Waals surface area contributed by atoms with Crippen LogP contribution < -0.4 is 11.1 Å². The lowest BCUT2D eigenvalue weighted by molar-refractivity contribution is -0.141. The van der Waals surface area contributed by atoms with Crippen molar-refractivity contribution >= 4 is 11.3 Å². The van der Waals surface area contributed by atoms with Crippen LogP contribution in [-0.2, 0) is 6.18 Å². The number of hydrogen-bond donors (Lipinski definition) is 2. The van der Waals surface area contributed by atoms with Crippen molar-refractivity contribution in [3.8, 4) is 0 Å². The highest BCUT2D eigenvalue weighted by atomic mass is 19.4. The molecule has 0 amide bonds. The number of nitrogens with zero attached hydrogens (tertiary/aromatic N) is 3. The van der Waals surface area contributed by atoms with Crippen molar-refractivity contribution in [1.29, 1.82) is 0 Å². The summed E-state index contributed by atoms with van der Waals surface area (Å²) >= 11 is 0. The highest BCUT2D eigenvalue weighted by molar-refractivity contribution is 5.68. The van der Waals surface area contributed by atoms with Crippen LogP contribution in [0, 0.1) is 5.92 Å². The molecule has 21 heavy (non-hydrogen) atoms. The van der Waals surface area contributed by atoms with Crippen LogP contribution in [-0.4, -0.2) is 27.2 Å². The maximum Gasteiger partial charge on any atom is 0.435 e. The van der Waals surface area contributed by atoms with E-state index in [2.05, 4.69) is 29.2 Å². The molecule has 0 bridgehead atoms. The van der Waals surface area contributed by atoms with Gasteiger partial charge in [0.25, 0.3) is 0 Å². The number of nitrogens with two attached hydrogens (primary N) is 1. The average molecular weight is 301 g/mol. The van der Waals surface area contributed by atoms with Gasteiger partial charge in [0.05, 0.1) is 0 Å². The molecule has 1 atom stereocenters. The van der Waals surface area contributed by atoms with Crippen LogP contribution in [0.2, 0.25) is 0 Å². The molecule has 2 rings (SSSR count). The third-order valence-corrected chi connectivity index (χ3v) is 3.06. The van der Waals surface area contributed by atoms with Gasteiger partial charge >= 0.3 is 6.18 Å². The summed E-state index contributed by atoms with van der Waals surface area (Å²) in [6.07, 6.45) is -0.880. The number of hydrogen-bond acceptors (Lipinski definition) is 4. The summed E-state index contributed by atoms with van der Waals surface area (Å²) < 4.78 is 39.3. The molecule has 0 spiro atoms. The lowest BCUT2D eigenvalue weighted by atomic mass is 10.0. The Morgan fingerprint density at radius 2 is 2.10 bits per heavy atom. The summed E-state index contributed by atoms with van der Waals surface area (Å²) in [4.78, 5) is 4.10. The maximum atomic E-state index is 12.7. The Labute approximate surface area is 120 Å². The van der Waals surface area contributed by atoms with Gasteiger partial charge in [0.15, 0.2) is 11.5 Å². The molecule has 0 aliphatic rings. The minimum absolute atomic E-state index is 0.0482. The number of anilines is 1. The van der Waals surface area contributed by atoms with E-state index < -0.39 is 11.9 Å². The van der Waals surface area contributed by atoms with Gasteiger partial charge in [-0.2, -0.15) is 18.3 Å². The van der Waals surface area contributed by atoms with E-state index in [1.807, 2.05) is 0 Å². The predicted octanol–water partition coefficient (Wildman–Crippen LogP) is 2.53. The predicted molar refractivity (Wildman–Crippen MR) is 73.9 cm³/mol. The molecule has 3 N–H and O–H groups in total. The molecular weight excluding hydrogens is 283 g/mol. The zero-order valence-electron chi connectivity index (χ0n) is 11.9. The second-order valence-corrected chi connectivity index (χ2v) is 5.34. The van der Waals surface area contributed by atoms with Crippen molar-refractivity contribution in [2.45, 2.75) is 32.5 Å². The molecule has 0 saturated carbocycles. The first-order chi connectivity index (χ1) is 9.81. The molecule has 1 unspecified atom stereocenters. The molecule has 0 saturated heterocycles. The van der Waals surface area contributed by atoms with Gasteiger partial charge in [0.1, 0.15) is 5.52 Å². The molecule has 0 aliphatic heterocycles. The molecule has 2 aromatic rings. The SMILES string of the molecule is CC(C)CC(CN)Nc1nccn2nc(C(F)(F)F)cc12. The van der Waals surface area contributed by atoms with Crippen LogP contribution in [0.15, 0.2) is 18.5 Å². The lowest BCUT2D eigenvalue weighted by Crippen LogP contribution is -2.30. The first kappa shape index (κ1) is 15.6. The van der Waals surface area contributed by atoms with Gasteiger partial charge in [0.2, 0.25) is 0 Å². The molecule has 0 aromatic carbocycles. The smallest absolute Gasteiger partial charge is 0.364 e. The second kappa shape index (κ2) is 5.88. The largest absolute Gasteiger partial charge is 0.435 e. The standard InChI is InChI=1S/C13H18F3N5/c1-8(2)5-9(7-17)19-12-10-6-11(13(14,15)16)20-21(10)4-3-18-12/h3-4,6,8-9H,5,7,17H2,1-2H3,(H,18,19). The van der Waals surface area contributed by atoms with Gasteiger partial charge in [-0.3, -0.25) is 0 Å². The lowest BCUT2D eigenvalue weighted by Gasteiger charge is -2.19. The van der Waals surface area contributed by atoms with E-state index in [9.17, 15) is 13.2 Å². The Morgan fingerprint density at radius 1 is 1.38 bits per heavy atom. The molecule has 116 valence electrons. The fourth-order valence-electron chi connectivity index (χ4n) is 2.15. The number of aromatic nitrogens is 3. The van der Waals surface area contributed by atoms with E-state index in [-0.39, 0.29) is 11.6 Å². The molecule has 2 aromatic heterocycles. The van der Waals surface area contributed by atoms with Crippen molar-refractivity contribution in [1.82, 2.24) is 14.6 Å². The number of alkyl halides is 3. The molecule has 8 heteroatoms. The number of rotatable bonds is 5. The van der Waals surface area contributed by atoms with Crippen molar-refractivity contribution in [3.63, 3.8) is 0 Å². The molecular formula is C13H18F3N5. The fraction of sp³-hybridized carbons (Fsp3) is 0.538. The van der Waals surface area contributed by atoms with Crippen LogP contribution in [0.1, 0.15) is 26.0 Å². The monoisotopic (exact) mass is 301 g/mol. The molecule has 0 radical (unpaired) electrons. The van der Waals surface area contributed by atoms with Crippen molar-refractivity contribution < 1.29 is 13.2 Å². The molecule has 5 nitrogen and oxygen atoms in total. The quantitative estimate of drug-likeness (QED) is 0.890. The van der Waals surface area contributed by atoms with E-state index in [4.69, 9.17) is 5.73 Å². The van der Waals surface area contributed by atoms with E-state index in [1.54, 1.807) is 0 Å². The Kier molecular flexibility index (Phi) is 4.36. The second-order valence-electron chi connectivity index (χ2n) is 5.34. The van der Waals surface area contributed by atoms with Crippen molar-refractivity contribution in [3.05, 3.63) is 24.2 Å². The maximum absolute atomic E-state index is 12.7. The Bertz CT molecular complexity index is 605. The average Bonchev–Trinajstić information content (AvgIpc) is 2.82. The first-order valence-corrected chi connectivity index (χ1v) is 6.69. The molecule has 0 aliphatic carbocycles. The minimum atomic E-state index is -4.48. The van der Waals surface area contributed by atoms with Crippen LogP contribution in [0.4, 0.5) is 19.0 Å². The van der Waals surface area contributed by atoms with Gasteiger partial charge in [0, 0.05) is 31.0 Å². The number of fused-ring (bicyclic) bond motifs is 1. The van der Waals surface area contributed by atoms with Crippen LogP contribution >= 0.6 is 0 Å². The number of halogens is 3. The summed E-state index contributed by atoms with van der Waals surface area (Å²) in [7, 11) is 0. The molecule has 2 heterocycles. The van der Waals surface area contributed by atoms with Crippen molar-refractivity contribution in [2.24, 2.45) is 11.7 Å². The highest BCUT2D eigenvalue weighted by Crippen LogP contribution is 2.30. The Balaban J connectivity index is 2.33. The summed E-state index contributed by atoms with van der Waals surface area (Å²) in [5.41, 5.74) is 5.04. The van der Waals surface area contributed by atoms with E-state index in [1.165, 1.54) is 16.9 Å². The Hall–Kier alpha value is -1.83. The zero-order valence-corrected chi connectivity index (χ0v) is 11.9. The highest BCUT2D eigenvalue weighted by Gasteiger charge is 2.34. The summed E-state index contributed by atoms with van der Waals surface area (Å²) in [6, 6.07) is 0.936. The minimum Gasteiger partial charge on any atom is -0.364 e. The van der Waals surface area contributed by atoms with Crippen molar-refractivity contribution in [2.75, 3.05) is 11.9 Å². The third-order valence-electron chi connectivity index (χ3n) is 3.06. The van der Waals surface area contributed by atoms with Gasteiger partial charge in [-0.1, -0.05) is 13.8 Å². The van der Waals surface area contributed by atoms with Gasteiger partial charge < -0.3 is 11.1 Å². The number of nitrogens with one attached hydrogen (secondary N) is 1. The van der Waals surface area contributed by atoms with E-state index >= 15 is 0 Å². The van der Waals surface area contributed by atoms with Crippen LogP contribution in [0.25, 0.3) is 5.52 Å². The van der Waals surface area contributed by atoms with Gasteiger partial charge in [-0.15, -0.1) is 0 Å². The summed E-state index contributed by atoms with van der Waals surface area (Å²) in [5.74, 6) is 0.776. The molecule has 0 fully saturated rings. The first-order valence-electron chi connectivity index (χ1n) is 6.69. The van der Waals surface area contributed by atoms with E-state index in [0.717, 1.165) is 12.5 Å². The van der Waals surface area contributed by atoms with Crippen LogP contribution in [0.3, 0.4) is 0 Å². The topological polar surface area (TPSA) is 68.2 Å². The summed E-state index contributed by atoms with van der Waals surface area (Å²) in [6.45, 7) is 4.49. The normalized spacial score (nSPS) is 13.9. The summed E-state index contributed by atoms with van der Waals surface area (Å²) in [5, 5.41) is 6.62. The van der Waals surface area contributed by atoms with Gasteiger partial charge in [-0.05, 0) is 12.3 Å².